The van der Waals surface area contributed by atoms with Crippen molar-refractivity contribution in [1.29, 1.82) is 0 Å². The molecule has 30 heavy (non-hydrogen) atoms. The van der Waals surface area contributed by atoms with Gasteiger partial charge < -0.3 is 19.5 Å². The lowest BCUT2D eigenvalue weighted by Gasteiger charge is -2.31. The van der Waals surface area contributed by atoms with Gasteiger partial charge in [0.25, 0.3) is 5.71 Å². The first kappa shape index (κ1) is 25.8. The Hall–Kier alpha value is -2.21. The van der Waals surface area contributed by atoms with Gasteiger partial charge in [-0.1, -0.05) is 0 Å². The van der Waals surface area contributed by atoms with Crippen LogP contribution in [0.3, 0.4) is 0 Å². The SMILES string of the molecule is COC(=O)/C(CC(CC1([N+](=O)[O-])CCNCC1)C(=O)OC)=[N+](\S)C(=O)OC(C)(C)C. The van der Waals surface area contributed by atoms with Crippen molar-refractivity contribution in [2.75, 3.05) is 27.3 Å². The van der Waals surface area contributed by atoms with Crippen LogP contribution >= 0.6 is 12.8 Å². The summed E-state index contributed by atoms with van der Waals surface area (Å²) in [6.45, 7) is 5.77. The van der Waals surface area contributed by atoms with Crippen molar-refractivity contribution in [2.45, 2.75) is 57.6 Å². The normalized spacial score (nSPS) is 17.9. The summed E-state index contributed by atoms with van der Waals surface area (Å²) >= 11 is 4.05. The molecule has 11 nitrogen and oxygen atoms in total. The third kappa shape index (κ3) is 6.94. The fourth-order valence-corrected chi connectivity index (χ4v) is 3.44. The highest BCUT2D eigenvalue weighted by molar-refractivity contribution is 7.74. The summed E-state index contributed by atoms with van der Waals surface area (Å²) in [5, 5.41) is 14.9. The Morgan fingerprint density at radius 1 is 1.17 bits per heavy atom. The first-order chi connectivity index (χ1) is 13.9. The third-order valence-electron chi connectivity index (χ3n) is 4.77. The van der Waals surface area contributed by atoms with E-state index in [4.69, 9.17) is 14.2 Å². The van der Waals surface area contributed by atoms with E-state index in [0.29, 0.717) is 17.1 Å². The number of nitrogens with one attached hydrogen (secondary N) is 1. The second-order valence-electron chi connectivity index (χ2n) is 8.09. The summed E-state index contributed by atoms with van der Waals surface area (Å²) in [6.07, 6.45) is -1.01. The second-order valence-corrected chi connectivity index (χ2v) is 8.49. The Morgan fingerprint density at radius 3 is 2.17 bits per heavy atom. The number of piperidine rings is 1. The molecule has 1 fully saturated rings. The standard InChI is InChI=1S/C18H30N3O8S/c1-17(2,3)29-16(24)20(30)13(15(23)28-5)10-12(14(22)27-4)11-18(21(25)26)6-8-19-9-7-18/h12,19,30H,6-11H2,1-5H3/q+1/b20-13-. The van der Waals surface area contributed by atoms with Crippen LogP contribution in [0.1, 0.15) is 46.5 Å². The number of ether oxygens (including phenoxy) is 3. The van der Waals surface area contributed by atoms with E-state index in [2.05, 4.69) is 18.1 Å². The molecule has 0 aromatic rings. The average molecular weight is 449 g/mol. The molecule has 0 radical (unpaired) electrons. The van der Waals surface area contributed by atoms with Crippen molar-refractivity contribution in [3.63, 3.8) is 0 Å². The summed E-state index contributed by atoms with van der Waals surface area (Å²) in [6, 6.07) is 0. The molecule has 0 aromatic heterocycles. The molecule has 12 heteroatoms. The molecular formula is C18H30N3O8S+. The molecule has 0 aromatic carbocycles. The zero-order valence-corrected chi connectivity index (χ0v) is 18.8. The molecule has 1 unspecified atom stereocenters. The fraction of sp³-hybridized carbons (Fsp3) is 0.778. The molecule has 1 heterocycles. The molecule has 0 aliphatic carbocycles. The summed E-state index contributed by atoms with van der Waals surface area (Å²) in [5.41, 5.74) is -2.48. The van der Waals surface area contributed by atoms with Gasteiger partial charge in [-0.15, -0.1) is 0 Å². The third-order valence-corrected chi connectivity index (χ3v) is 5.17. The predicted octanol–water partition coefficient (Wildman–Crippen LogP) is 1.36. The lowest BCUT2D eigenvalue weighted by atomic mass is 9.79. The van der Waals surface area contributed by atoms with Crippen LogP contribution in [0.4, 0.5) is 4.79 Å². The van der Waals surface area contributed by atoms with Crippen LogP contribution in [0.25, 0.3) is 0 Å². The molecular weight excluding hydrogens is 418 g/mol. The summed E-state index contributed by atoms with van der Waals surface area (Å²) < 4.78 is 15.4. The van der Waals surface area contributed by atoms with Gasteiger partial charge in [0, 0.05) is 37.3 Å². The molecule has 1 N–H and O–H groups in total. The fourth-order valence-electron chi connectivity index (χ4n) is 3.24. The zero-order valence-electron chi connectivity index (χ0n) is 17.9. The van der Waals surface area contributed by atoms with E-state index in [1.165, 1.54) is 0 Å². The van der Waals surface area contributed by atoms with E-state index < -0.39 is 35.1 Å². The number of amides is 1. The van der Waals surface area contributed by atoms with E-state index in [1.54, 1.807) is 20.8 Å². The summed E-state index contributed by atoms with van der Waals surface area (Å²) in [5.74, 6) is -2.71. The highest BCUT2D eigenvalue weighted by Gasteiger charge is 2.49. The minimum atomic E-state index is -1.35. The number of carbonyl (C=O) groups excluding carboxylic acids is 3. The molecule has 170 valence electrons. The monoisotopic (exact) mass is 448 g/mol. The van der Waals surface area contributed by atoms with Crippen molar-refractivity contribution in [1.82, 2.24) is 5.32 Å². The first-order valence-electron chi connectivity index (χ1n) is 9.46. The van der Waals surface area contributed by atoms with Crippen LogP contribution in [-0.2, 0) is 23.8 Å². The number of esters is 2. The van der Waals surface area contributed by atoms with E-state index in [9.17, 15) is 24.5 Å². The maximum absolute atomic E-state index is 12.4. The predicted molar refractivity (Wildman–Crippen MR) is 109 cm³/mol. The number of nitrogens with zero attached hydrogens (tertiary/aromatic N) is 2. The van der Waals surface area contributed by atoms with E-state index in [-0.39, 0.29) is 36.3 Å². The van der Waals surface area contributed by atoms with Crippen molar-refractivity contribution in [3.05, 3.63) is 10.1 Å². The van der Waals surface area contributed by atoms with Crippen LogP contribution < -0.4 is 5.32 Å². The molecule has 0 bridgehead atoms. The minimum absolute atomic E-state index is 0.162. The van der Waals surface area contributed by atoms with E-state index >= 15 is 0 Å². The lowest BCUT2D eigenvalue weighted by molar-refractivity contribution is -0.576. The quantitative estimate of drug-likeness (QED) is 0.112. The van der Waals surface area contributed by atoms with E-state index in [0.717, 1.165) is 14.2 Å². The Bertz CT molecular complexity index is 711. The summed E-state index contributed by atoms with van der Waals surface area (Å²) in [4.78, 5) is 48.6. The lowest BCUT2D eigenvalue weighted by Crippen LogP contribution is -2.50. The minimum Gasteiger partial charge on any atom is -0.469 e. The number of hydrogen-bond donors (Lipinski definition) is 2. The number of nitro groups is 1. The Balaban J connectivity index is 3.30. The van der Waals surface area contributed by atoms with Gasteiger partial charge in [-0.25, -0.2) is 4.79 Å². The van der Waals surface area contributed by atoms with Crippen LogP contribution in [-0.4, -0.2) is 71.1 Å². The number of thiol groups is 1. The Labute approximate surface area is 180 Å². The van der Waals surface area contributed by atoms with Crippen LogP contribution in [0.5, 0.6) is 0 Å². The molecule has 0 spiro atoms. The molecule has 0 saturated carbocycles. The number of hydrogen-bond acceptors (Lipinski definition) is 10. The first-order valence-corrected chi connectivity index (χ1v) is 9.86. The van der Waals surface area contributed by atoms with Gasteiger partial charge in [-0.2, -0.15) is 4.79 Å². The van der Waals surface area contributed by atoms with Gasteiger partial charge in [0.2, 0.25) is 5.54 Å². The highest BCUT2D eigenvalue weighted by atomic mass is 32.1. The molecule has 1 aliphatic rings. The maximum atomic E-state index is 12.4. The average Bonchev–Trinajstić information content (AvgIpc) is 2.68. The topological polar surface area (TPSA) is 137 Å². The van der Waals surface area contributed by atoms with E-state index in [1.807, 2.05) is 0 Å². The number of rotatable bonds is 7. The van der Waals surface area contributed by atoms with Gasteiger partial charge in [0.05, 0.1) is 26.6 Å². The van der Waals surface area contributed by atoms with Crippen molar-refractivity contribution >= 4 is 36.6 Å². The molecule has 1 aliphatic heterocycles. The van der Waals surface area contributed by atoms with Crippen LogP contribution in [0.2, 0.25) is 0 Å². The van der Waals surface area contributed by atoms with Crippen molar-refractivity contribution in [3.8, 4) is 0 Å². The molecule has 1 saturated heterocycles. The number of carbonyl (C=O) groups is 3. The zero-order chi connectivity index (χ0) is 23.1. The van der Waals surface area contributed by atoms with Gasteiger partial charge in [-0.3, -0.25) is 14.9 Å². The largest absolute Gasteiger partial charge is 0.611 e. The maximum Gasteiger partial charge on any atom is 0.611 e. The smallest absolute Gasteiger partial charge is 0.469 e. The molecule has 1 rings (SSSR count). The van der Waals surface area contributed by atoms with Gasteiger partial charge in [0.15, 0.2) is 12.8 Å². The van der Waals surface area contributed by atoms with Crippen molar-refractivity contribution < 1.29 is 37.5 Å². The molecule has 1 atom stereocenters. The Morgan fingerprint density at radius 2 is 1.73 bits per heavy atom. The second kappa shape index (κ2) is 10.7. The van der Waals surface area contributed by atoms with Gasteiger partial charge in [-0.05, 0) is 24.8 Å². The van der Waals surface area contributed by atoms with Gasteiger partial charge in [0.1, 0.15) is 5.60 Å². The van der Waals surface area contributed by atoms with Crippen molar-refractivity contribution in [2.24, 2.45) is 5.92 Å². The Kier molecular flexibility index (Phi) is 9.22. The number of methoxy groups -OCH3 is 2. The molecule has 1 amide bonds. The van der Waals surface area contributed by atoms with Crippen LogP contribution in [0, 0.1) is 16.0 Å². The van der Waals surface area contributed by atoms with Gasteiger partial charge >= 0.3 is 18.0 Å². The van der Waals surface area contributed by atoms with Crippen LogP contribution in [0.15, 0.2) is 0 Å². The highest BCUT2D eigenvalue weighted by Crippen LogP contribution is 2.32. The summed E-state index contributed by atoms with van der Waals surface area (Å²) in [7, 11) is 2.26.